The van der Waals surface area contributed by atoms with Crippen molar-refractivity contribution >= 4 is 11.6 Å². The maximum atomic E-state index is 5.89. The number of rotatable bonds is 7. The molecule has 20 heavy (non-hydrogen) atoms. The molecule has 112 valence electrons. The number of anilines is 2. The molecule has 2 rings (SSSR count). The molecule has 1 aliphatic rings. The first-order chi connectivity index (χ1) is 9.85. The Hall–Kier alpha value is -1.40. The maximum Gasteiger partial charge on any atom is 0.148 e. The van der Waals surface area contributed by atoms with Gasteiger partial charge in [0.05, 0.1) is 12.7 Å². The number of ether oxygens (including phenoxy) is 1. The molecule has 0 aliphatic heterocycles. The molecule has 0 radical (unpaired) electrons. The van der Waals surface area contributed by atoms with E-state index in [0.717, 1.165) is 24.3 Å². The highest BCUT2D eigenvalue weighted by molar-refractivity contribution is 5.56. The Morgan fingerprint density at radius 2 is 2.00 bits per heavy atom. The third kappa shape index (κ3) is 4.05. The Balaban J connectivity index is 1.78. The molecule has 1 aliphatic carbocycles. The zero-order valence-electron chi connectivity index (χ0n) is 12.2. The van der Waals surface area contributed by atoms with Crippen LogP contribution in [0.2, 0.25) is 0 Å². The summed E-state index contributed by atoms with van der Waals surface area (Å²) in [6.45, 7) is 3.52. The van der Waals surface area contributed by atoms with Crippen LogP contribution < -0.4 is 16.6 Å². The van der Waals surface area contributed by atoms with Gasteiger partial charge in [0.2, 0.25) is 0 Å². The molecule has 1 saturated carbocycles. The van der Waals surface area contributed by atoms with Crippen LogP contribution in [0.1, 0.15) is 44.6 Å². The second-order valence-electron chi connectivity index (χ2n) is 5.10. The molecular weight excluding hydrogens is 254 g/mol. The molecule has 0 atom stereocenters. The summed E-state index contributed by atoms with van der Waals surface area (Å²) in [6, 6.07) is 0. The highest BCUT2D eigenvalue weighted by atomic mass is 16.5. The van der Waals surface area contributed by atoms with Crippen LogP contribution in [0.15, 0.2) is 6.33 Å². The van der Waals surface area contributed by atoms with Gasteiger partial charge in [0.15, 0.2) is 0 Å². The lowest BCUT2D eigenvalue weighted by Crippen LogP contribution is -2.21. The van der Waals surface area contributed by atoms with E-state index in [1.54, 1.807) is 0 Å². The van der Waals surface area contributed by atoms with Gasteiger partial charge in [0.25, 0.3) is 0 Å². The lowest BCUT2D eigenvalue weighted by atomic mass is 9.98. The van der Waals surface area contributed by atoms with Crippen molar-refractivity contribution in [3.05, 3.63) is 11.9 Å². The molecule has 1 heterocycles. The highest BCUT2D eigenvalue weighted by Crippen LogP contribution is 2.21. The maximum absolute atomic E-state index is 5.89. The Labute approximate surface area is 120 Å². The van der Waals surface area contributed by atoms with Crippen LogP contribution in [0.5, 0.6) is 0 Å². The van der Waals surface area contributed by atoms with Crippen LogP contribution in [0.25, 0.3) is 0 Å². The minimum Gasteiger partial charge on any atom is -0.376 e. The smallest absolute Gasteiger partial charge is 0.148 e. The van der Waals surface area contributed by atoms with Crippen LogP contribution in [0.4, 0.5) is 11.6 Å². The zero-order valence-corrected chi connectivity index (χ0v) is 12.2. The number of aromatic nitrogens is 2. The van der Waals surface area contributed by atoms with Crippen molar-refractivity contribution in [2.75, 3.05) is 23.9 Å². The van der Waals surface area contributed by atoms with E-state index in [1.807, 2.05) is 0 Å². The number of hydrogen-bond acceptors (Lipinski definition) is 6. The van der Waals surface area contributed by atoms with E-state index in [0.29, 0.717) is 18.5 Å². The topological polar surface area (TPSA) is 85.1 Å². The quantitative estimate of drug-likeness (QED) is 0.402. The number of hydrogen-bond donors (Lipinski definition) is 3. The van der Waals surface area contributed by atoms with E-state index in [2.05, 4.69) is 27.6 Å². The molecule has 0 bridgehead atoms. The second kappa shape index (κ2) is 8.01. The molecule has 0 unspecified atom stereocenters. The average Bonchev–Trinajstić information content (AvgIpc) is 2.52. The van der Waals surface area contributed by atoms with Crippen LogP contribution in [0, 0.1) is 0 Å². The fraction of sp³-hybridized carbons (Fsp3) is 0.714. The van der Waals surface area contributed by atoms with Gasteiger partial charge in [0.1, 0.15) is 18.0 Å². The summed E-state index contributed by atoms with van der Waals surface area (Å²) in [6.07, 6.45) is 9.15. The lowest BCUT2D eigenvalue weighted by molar-refractivity contribution is 0.0347. The number of nitrogens with two attached hydrogens (primary N) is 1. The summed E-state index contributed by atoms with van der Waals surface area (Å²) >= 11 is 0. The summed E-state index contributed by atoms with van der Waals surface area (Å²) in [5.74, 6) is 6.97. The largest absolute Gasteiger partial charge is 0.376 e. The van der Waals surface area contributed by atoms with Gasteiger partial charge >= 0.3 is 0 Å². The first-order valence-corrected chi connectivity index (χ1v) is 7.51. The summed E-state index contributed by atoms with van der Waals surface area (Å²) < 4.78 is 5.89. The van der Waals surface area contributed by atoms with Crippen molar-refractivity contribution in [2.24, 2.45) is 5.84 Å². The zero-order chi connectivity index (χ0) is 14.2. The standard InChI is InChI=1S/C14H25N5O/c1-2-12-13(17-10-18-14(12)19-15)16-8-9-20-11-6-4-3-5-7-11/h10-11H,2-9,15H2,1H3,(H2,16,17,18,19). The third-order valence-electron chi connectivity index (χ3n) is 3.74. The van der Waals surface area contributed by atoms with Crippen LogP contribution >= 0.6 is 0 Å². The average molecular weight is 279 g/mol. The second-order valence-corrected chi connectivity index (χ2v) is 5.10. The highest BCUT2D eigenvalue weighted by Gasteiger charge is 2.13. The number of nitrogen functional groups attached to an aromatic ring is 1. The predicted octanol–water partition coefficient (Wildman–Crippen LogP) is 2.09. The van der Waals surface area contributed by atoms with Crippen molar-refractivity contribution < 1.29 is 4.74 Å². The number of hydrazine groups is 1. The van der Waals surface area contributed by atoms with Gasteiger partial charge in [0, 0.05) is 12.1 Å². The minimum absolute atomic E-state index is 0.447. The van der Waals surface area contributed by atoms with E-state index in [1.165, 1.54) is 38.4 Å². The third-order valence-corrected chi connectivity index (χ3v) is 3.74. The van der Waals surface area contributed by atoms with E-state index in [4.69, 9.17) is 10.6 Å². The van der Waals surface area contributed by atoms with E-state index in [9.17, 15) is 0 Å². The van der Waals surface area contributed by atoms with Gasteiger partial charge in [-0.3, -0.25) is 0 Å². The van der Waals surface area contributed by atoms with Gasteiger partial charge < -0.3 is 15.5 Å². The van der Waals surface area contributed by atoms with Crippen molar-refractivity contribution in [1.29, 1.82) is 0 Å². The first kappa shape index (κ1) is 15.0. The van der Waals surface area contributed by atoms with Gasteiger partial charge in [-0.15, -0.1) is 0 Å². The van der Waals surface area contributed by atoms with Gasteiger partial charge in [-0.1, -0.05) is 26.2 Å². The predicted molar refractivity (Wildman–Crippen MR) is 80.5 cm³/mol. The Morgan fingerprint density at radius 3 is 2.70 bits per heavy atom. The van der Waals surface area contributed by atoms with Crippen molar-refractivity contribution in [3.63, 3.8) is 0 Å². The Morgan fingerprint density at radius 1 is 1.25 bits per heavy atom. The lowest BCUT2D eigenvalue weighted by Gasteiger charge is -2.22. The monoisotopic (exact) mass is 279 g/mol. The summed E-state index contributed by atoms with van der Waals surface area (Å²) in [7, 11) is 0. The number of nitrogens with zero attached hydrogens (tertiary/aromatic N) is 2. The fourth-order valence-electron chi connectivity index (χ4n) is 2.65. The van der Waals surface area contributed by atoms with Crippen LogP contribution in [0.3, 0.4) is 0 Å². The molecule has 0 amide bonds. The van der Waals surface area contributed by atoms with Crippen LogP contribution in [-0.2, 0) is 11.2 Å². The van der Waals surface area contributed by atoms with Crippen LogP contribution in [-0.4, -0.2) is 29.2 Å². The fourth-order valence-corrected chi connectivity index (χ4v) is 2.65. The summed E-state index contributed by atoms with van der Waals surface area (Å²) in [5.41, 5.74) is 3.61. The molecule has 0 spiro atoms. The van der Waals surface area contributed by atoms with E-state index in [-0.39, 0.29) is 0 Å². The van der Waals surface area contributed by atoms with Crippen molar-refractivity contribution in [3.8, 4) is 0 Å². The molecule has 6 heteroatoms. The summed E-state index contributed by atoms with van der Waals surface area (Å²) in [5, 5.41) is 3.31. The molecular formula is C14H25N5O. The van der Waals surface area contributed by atoms with Crippen molar-refractivity contribution in [2.45, 2.75) is 51.6 Å². The van der Waals surface area contributed by atoms with E-state index >= 15 is 0 Å². The van der Waals surface area contributed by atoms with Gasteiger partial charge in [-0.25, -0.2) is 15.8 Å². The molecule has 6 nitrogen and oxygen atoms in total. The van der Waals surface area contributed by atoms with Gasteiger partial charge in [-0.05, 0) is 19.3 Å². The Bertz CT molecular complexity index is 407. The molecule has 0 aromatic carbocycles. The molecule has 1 aromatic rings. The minimum atomic E-state index is 0.447. The molecule has 1 aromatic heterocycles. The van der Waals surface area contributed by atoms with Gasteiger partial charge in [-0.2, -0.15) is 0 Å². The summed E-state index contributed by atoms with van der Waals surface area (Å²) in [4.78, 5) is 8.38. The number of nitrogens with one attached hydrogen (secondary N) is 2. The normalized spacial score (nSPS) is 16.1. The Kier molecular flexibility index (Phi) is 6.01. The molecule has 0 saturated heterocycles. The van der Waals surface area contributed by atoms with E-state index < -0.39 is 0 Å². The SMILES string of the molecule is CCc1c(NN)ncnc1NCCOC1CCCCC1. The molecule has 1 fully saturated rings. The molecule has 4 N–H and O–H groups in total. The first-order valence-electron chi connectivity index (χ1n) is 7.51. The van der Waals surface area contributed by atoms with Crippen molar-refractivity contribution in [1.82, 2.24) is 9.97 Å².